The monoisotopic (exact) mass is 1560 g/mol. The van der Waals surface area contributed by atoms with Gasteiger partial charge < -0.3 is 18.9 Å². The molecule has 15 aromatic rings. The average molecular weight is 1560 g/mol. The van der Waals surface area contributed by atoms with Crippen LogP contribution >= 0.6 is 0 Å². The molecular formula is C114H123BN4. The molecule has 0 amide bonds. The molecule has 0 aliphatic carbocycles. The summed E-state index contributed by atoms with van der Waals surface area (Å²) in [5, 5.41) is 4.94. The van der Waals surface area contributed by atoms with Gasteiger partial charge in [-0.15, -0.1) is 0 Å². The first-order valence-corrected chi connectivity index (χ1v) is 43.7. The maximum Gasteiger partial charge on any atom is 0.252 e. The highest BCUT2D eigenvalue weighted by atomic mass is 15.2. The average Bonchev–Trinajstić information content (AvgIpc) is 0.988. The lowest BCUT2D eigenvalue weighted by Gasteiger charge is -2.46. The predicted molar refractivity (Wildman–Crippen MR) is 519 cm³/mol. The van der Waals surface area contributed by atoms with E-state index in [-0.39, 0.29) is 55.4 Å². The molecule has 4 nitrogen and oxygen atoms in total. The Hall–Kier alpha value is -10.9. The van der Waals surface area contributed by atoms with Crippen molar-refractivity contribution >= 4 is 101 Å². The normalized spacial score (nSPS) is 13.8. The number of fused-ring (bicyclic) bond motifs is 10. The zero-order valence-corrected chi connectivity index (χ0v) is 76.1. The predicted octanol–water partition coefficient (Wildman–Crippen LogP) is 30.3. The molecule has 0 saturated carbocycles. The van der Waals surface area contributed by atoms with Gasteiger partial charge in [0.1, 0.15) is 0 Å². The highest BCUT2D eigenvalue weighted by Gasteiger charge is 2.47. The van der Waals surface area contributed by atoms with Gasteiger partial charge in [0, 0.05) is 66.8 Å². The Labute approximate surface area is 711 Å². The summed E-state index contributed by atoms with van der Waals surface area (Å²) in [4.78, 5) is 5.56. The third-order valence-corrected chi connectivity index (χ3v) is 26.0. The molecule has 2 aromatic heterocycles. The van der Waals surface area contributed by atoms with Crippen molar-refractivity contribution in [2.45, 2.75) is 236 Å². The second-order valence-corrected chi connectivity index (χ2v) is 44.0. The lowest BCUT2D eigenvalue weighted by atomic mass is 9.33. The van der Waals surface area contributed by atoms with Crippen LogP contribution < -0.4 is 26.2 Å². The molecule has 0 saturated heterocycles. The van der Waals surface area contributed by atoms with Crippen molar-refractivity contribution in [3.05, 3.63) is 305 Å². The lowest BCUT2D eigenvalue weighted by Crippen LogP contribution is -2.61. The number of nitrogens with zero attached hydrogens (tertiary/aromatic N) is 4. The highest BCUT2D eigenvalue weighted by molar-refractivity contribution is 7.00. The topological polar surface area (TPSA) is 16.3 Å². The number of aromatic nitrogens is 2. The molecule has 0 fully saturated rings. The van der Waals surface area contributed by atoms with Gasteiger partial charge in [-0.3, -0.25) is 0 Å². The Morgan fingerprint density at radius 3 is 0.756 bits per heavy atom. The van der Waals surface area contributed by atoms with E-state index in [1.165, 1.54) is 166 Å². The number of benzene rings is 13. The van der Waals surface area contributed by atoms with Crippen molar-refractivity contribution in [2.75, 3.05) is 9.80 Å². The first-order valence-electron chi connectivity index (χ1n) is 43.7. The number of rotatable bonds is 8. The fourth-order valence-corrected chi connectivity index (χ4v) is 19.3. The van der Waals surface area contributed by atoms with Crippen LogP contribution in [-0.4, -0.2) is 15.8 Å². The van der Waals surface area contributed by atoms with Crippen LogP contribution in [0.3, 0.4) is 0 Å². The molecule has 0 unspecified atom stereocenters. The van der Waals surface area contributed by atoms with Gasteiger partial charge in [0.25, 0.3) is 6.71 Å². The summed E-state index contributed by atoms with van der Waals surface area (Å²) in [5.74, 6) is 0. The lowest BCUT2D eigenvalue weighted by molar-refractivity contribution is 0.569. The van der Waals surface area contributed by atoms with Crippen molar-refractivity contribution in [1.29, 1.82) is 0 Å². The minimum atomic E-state index is -0.360. The molecule has 0 spiro atoms. The van der Waals surface area contributed by atoms with Crippen molar-refractivity contribution in [3.8, 4) is 55.9 Å². The van der Waals surface area contributed by atoms with Crippen molar-refractivity contribution in [1.82, 2.24) is 9.13 Å². The van der Waals surface area contributed by atoms with E-state index >= 15 is 0 Å². The van der Waals surface area contributed by atoms with Crippen molar-refractivity contribution < 1.29 is 0 Å². The van der Waals surface area contributed by atoms with Crippen LogP contribution in [0.5, 0.6) is 0 Å². The number of hydrogen-bond acceptors (Lipinski definition) is 2. The third kappa shape index (κ3) is 14.0. The molecular weight excluding hydrogens is 1440 g/mol. The van der Waals surface area contributed by atoms with Crippen molar-refractivity contribution in [2.24, 2.45) is 0 Å². The van der Waals surface area contributed by atoms with Gasteiger partial charge in [0.05, 0.1) is 33.4 Å². The summed E-state index contributed by atoms with van der Waals surface area (Å²) in [6.07, 6.45) is 0. The number of hydrogen-bond donors (Lipinski definition) is 0. The van der Waals surface area contributed by atoms with Crippen LogP contribution in [0.2, 0.25) is 0 Å². The van der Waals surface area contributed by atoms with E-state index in [1.807, 2.05) is 0 Å². The van der Waals surface area contributed by atoms with Gasteiger partial charge in [-0.25, -0.2) is 0 Å². The number of para-hydroxylation sites is 4. The van der Waals surface area contributed by atoms with Crippen LogP contribution in [0.15, 0.2) is 255 Å². The van der Waals surface area contributed by atoms with E-state index in [9.17, 15) is 0 Å². The van der Waals surface area contributed by atoms with Gasteiger partial charge >= 0.3 is 0 Å². The standard InChI is InChI=1S/C114H123BN4/c1-106(2,3)72-46-54-79(89(62-72)111(16,17)18)70-44-52-87(81-56-48-74(108(7,8)9)64-91(81)113(22,23)24)99(60-70)118-101-68-77(116-95-40-32-28-36-83(95)84-37-29-33-41-96(84)116)50-58-93(101)115-94-59-51-78(117-97-42-34-30-38-85(97)86-39-31-35-43-98(86)117)69-102(94)119(104-67-76(110(13,14)15)66-103(118)105(104)115)100-61-71(80-55-47-73(107(4,5)6)63-90(80)112(19,20)21)45-53-88(100)82-57-49-75(109(10,11)12)65-92(82)114(25,26)27/h28-69H,1-27H3. The number of anilines is 6. The SMILES string of the molecule is CC(C)(C)c1cc2c3c(c1)N(c1cc(-c4ccc(C(C)(C)C)cc4C(C)(C)C)ccc1-c1ccc(C(C)(C)C)cc1C(C)(C)C)c1cc(-n4c5ccccc5c5ccccc54)ccc1B3c1ccc(-n3c4ccccc4c4ccccc43)cc1N2c1cc(-c2ccc(C(C)(C)C)cc2C(C)(C)C)ccc1-c1ccc(C(C)(C)C)cc1C(C)(C)C. The van der Waals surface area contributed by atoms with Crippen LogP contribution in [0.25, 0.3) is 99.5 Å². The van der Waals surface area contributed by atoms with Gasteiger partial charge in [-0.2, -0.15) is 0 Å². The van der Waals surface area contributed by atoms with E-state index in [0.717, 1.165) is 34.1 Å². The molecule has 0 atom stereocenters. The molecule has 602 valence electrons. The minimum absolute atomic E-state index is 0.0601. The molecule has 4 heterocycles. The molecule has 2 aliphatic rings. The van der Waals surface area contributed by atoms with Crippen LogP contribution in [0.4, 0.5) is 34.1 Å². The molecule has 119 heavy (non-hydrogen) atoms. The van der Waals surface area contributed by atoms with Crippen LogP contribution in [-0.2, 0) is 48.7 Å². The van der Waals surface area contributed by atoms with Gasteiger partial charge in [-0.05, 0) is 221 Å². The van der Waals surface area contributed by atoms with Crippen LogP contribution in [0, 0.1) is 0 Å². The maximum atomic E-state index is 2.78. The summed E-state index contributed by atoms with van der Waals surface area (Å²) in [5.41, 5.74) is 37.6. The summed E-state index contributed by atoms with van der Waals surface area (Å²) in [7, 11) is 0. The second kappa shape index (κ2) is 27.9. The Bertz CT molecular complexity index is 6120. The largest absolute Gasteiger partial charge is 0.311 e. The summed E-state index contributed by atoms with van der Waals surface area (Å²) in [6, 6.07) is 101. The third-order valence-electron chi connectivity index (χ3n) is 26.0. The molecule has 17 rings (SSSR count). The summed E-state index contributed by atoms with van der Waals surface area (Å²) in [6.45, 7) is 64.2. The van der Waals surface area contributed by atoms with Gasteiger partial charge in [-0.1, -0.05) is 369 Å². The van der Waals surface area contributed by atoms with E-state index < -0.39 is 0 Å². The molecule has 13 aromatic carbocycles. The van der Waals surface area contributed by atoms with Gasteiger partial charge in [0.2, 0.25) is 0 Å². The Kier molecular flexibility index (Phi) is 18.9. The Morgan fingerprint density at radius 2 is 0.471 bits per heavy atom. The van der Waals surface area contributed by atoms with E-state index in [1.54, 1.807) is 0 Å². The second-order valence-electron chi connectivity index (χ2n) is 44.0. The van der Waals surface area contributed by atoms with E-state index in [4.69, 9.17) is 0 Å². The van der Waals surface area contributed by atoms with Gasteiger partial charge in [0.15, 0.2) is 0 Å². The first-order chi connectivity index (χ1) is 55.7. The fourth-order valence-electron chi connectivity index (χ4n) is 19.3. The van der Waals surface area contributed by atoms with E-state index in [2.05, 4.69) is 461 Å². The molecule has 0 N–H and O–H groups in total. The van der Waals surface area contributed by atoms with Crippen molar-refractivity contribution in [3.63, 3.8) is 0 Å². The molecule has 0 bridgehead atoms. The smallest absolute Gasteiger partial charge is 0.252 e. The molecule has 2 aliphatic heterocycles. The zero-order chi connectivity index (χ0) is 84.9. The molecule has 0 radical (unpaired) electrons. The van der Waals surface area contributed by atoms with Crippen LogP contribution in [0.1, 0.15) is 237 Å². The summed E-state index contributed by atoms with van der Waals surface area (Å²) >= 11 is 0. The molecule has 5 heteroatoms. The Morgan fingerprint density at radius 1 is 0.202 bits per heavy atom. The fraction of sp³-hybridized carbons (Fsp3) is 0.316. The van der Waals surface area contributed by atoms with E-state index in [0.29, 0.717) is 0 Å². The highest BCUT2D eigenvalue weighted by Crippen LogP contribution is 2.55. The first kappa shape index (κ1) is 80.5. The zero-order valence-electron chi connectivity index (χ0n) is 76.1. The Balaban J connectivity index is 1.07. The summed E-state index contributed by atoms with van der Waals surface area (Å²) < 4.78 is 5.07. The maximum absolute atomic E-state index is 2.78. The minimum Gasteiger partial charge on any atom is -0.311 e. The quantitative estimate of drug-likeness (QED) is 0.141.